The number of pyridine rings is 1. The van der Waals surface area contributed by atoms with Crippen LogP contribution in [0.3, 0.4) is 0 Å². The molecule has 0 aromatic carbocycles. The number of anilines is 1. The van der Waals surface area contributed by atoms with Crippen LogP contribution in [-0.2, 0) is 11.3 Å². The molecule has 0 atom stereocenters. The Morgan fingerprint density at radius 1 is 1.12 bits per heavy atom. The molecule has 138 valence electrons. The fraction of sp³-hybridized carbons (Fsp3) is 0.667. The predicted octanol–water partition coefficient (Wildman–Crippen LogP) is 1.20. The van der Waals surface area contributed by atoms with Crippen LogP contribution in [0, 0.1) is 0 Å². The Morgan fingerprint density at radius 2 is 1.92 bits per heavy atom. The van der Waals surface area contributed by atoms with Crippen LogP contribution >= 0.6 is 0 Å². The van der Waals surface area contributed by atoms with Crippen LogP contribution in [-0.4, -0.2) is 68.4 Å². The number of urea groups is 1. The molecule has 7 nitrogen and oxygen atoms in total. The Kier molecular flexibility index (Phi) is 6.88. The lowest BCUT2D eigenvalue weighted by Gasteiger charge is -2.29. The molecule has 1 aromatic rings. The van der Waals surface area contributed by atoms with Crippen LogP contribution in [0.5, 0.6) is 0 Å². The van der Waals surface area contributed by atoms with Crippen molar-refractivity contribution >= 4 is 11.8 Å². The van der Waals surface area contributed by atoms with E-state index in [-0.39, 0.29) is 6.03 Å². The molecule has 7 heteroatoms. The number of nitrogens with zero attached hydrogens (tertiary/aromatic N) is 3. The van der Waals surface area contributed by atoms with Crippen LogP contribution in [0.4, 0.5) is 10.6 Å². The van der Waals surface area contributed by atoms with E-state index < -0.39 is 0 Å². The fourth-order valence-corrected chi connectivity index (χ4v) is 3.38. The van der Waals surface area contributed by atoms with Gasteiger partial charge in [0.25, 0.3) is 0 Å². The highest BCUT2D eigenvalue weighted by molar-refractivity contribution is 5.74. The molecule has 2 aliphatic rings. The zero-order valence-corrected chi connectivity index (χ0v) is 14.9. The van der Waals surface area contributed by atoms with Crippen molar-refractivity contribution in [1.82, 2.24) is 20.5 Å². The number of morpholine rings is 1. The summed E-state index contributed by atoms with van der Waals surface area (Å²) in [6.45, 7) is 7.54. The van der Waals surface area contributed by atoms with E-state index in [1.165, 1.54) is 19.3 Å². The fourth-order valence-electron chi connectivity index (χ4n) is 3.38. The number of amides is 2. The van der Waals surface area contributed by atoms with E-state index in [9.17, 15) is 4.79 Å². The molecule has 0 unspecified atom stereocenters. The van der Waals surface area contributed by atoms with Gasteiger partial charge >= 0.3 is 6.03 Å². The molecule has 0 bridgehead atoms. The third-order valence-electron chi connectivity index (χ3n) is 4.78. The van der Waals surface area contributed by atoms with Crippen molar-refractivity contribution < 1.29 is 9.53 Å². The molecular weight excluding hydrogens is 318 g/mol. The molecule has 2 aliphatic heterocycles. The van der Waals surface area contributed by atoms with Crippen molar-refractivity contribution in [3.8, 4) is 0 Å². The Hall–Kier alpha value is -1.86. The Balaban J connectivity index is 1.42. The lowest BCUT2D eigenvalue weighted by Crippen LogP contribution is -2.42. The van der Waals surface area contributed by atoms with E-state index in [0.29, 0.717) is 13.1 Å². The third-order valence-corrected chi connectivity index (χ3v) is 4.78. The molecule has 2 saturated heterocycles. The summed E-state index contributed by atoms with van der Waals surface area (Å²) in [5, 5.41) is 5.90. The SMILES string of the molecule is O=C(NCCN1CCCCC1)NCc1cccnc1N1CCOCC1. The normalized spacial score (nSPS) is 18.8. The van der Waals surface area contributed by atoms with Gasteiger partial charge in [-0.2, -0.15) is 0 Å². The Labute approximate surface area is 149 Å². The molecule has 3 heterocycles. The molecule has 3 rings (SSSR count). The van der Waals surface area contributed by atoms with Gasteiger partial charge in [-0.3, -0.25) is 0 Å². The first-order valence-electron chi connectivity index (χ1n) is 9.33. The lowest BCUT2D eigenvalue weighted by molar-refractivity contribution is 0.122. The van der Waals surface area contributed by atoms with Crippen molar-refractivity contribution in [3.05, 3.63) is 23.9 Å². The highest BCUT2D eigenvalue weighted by atomic mass is 16.5. The Bertz CT molecular complexity index is 542. The largest absolute Gasteiger partial charge is 0.378 e. The van der Waals surface area contributed by atoms with Crippen molar-refractivity contribution in [3.63, 3.8) is 0 Å². The van der Waals surface area contributed by atoms with Crippen molar-refractivity contribution in [2.75, 3.05) is 57.4 Å². The second-order valence-corrected chi connectivity index (χ2v) is 6.60. The summed E-state index contributed by atoms with van der Waals surface area (Å²) in [7, 11) is 0. The number of carbonyl (C=O) groups excluding carboxylic acids is 1. The van der Waals surface area contributed by atoms with Crippen molar-refractivity contribution in [1.29, 1.82) is 0 Å². The quantitative estimate of drug-likeness (QED) is 0.809. The standard InChI is InChI=1S/C18H29N5O2/c24-18(20-7-10-22-8-2-1-3-9-22)21-15-16-5-4-6-19-17(16)23-11-13-25-14-12-23/h4-6H,1-3,7-15H2,(H2,20,21,24). The van der Waals surface area contributed by atoms with E-state index in [0.717, 1.165) is 57.3 Å². The monoisotopic (exact) mass is 347 g/mol. The van der Waals surface area contributed by atoms with Crippen molar-refractivity contribution in [2.45, 2.75) is 25.8 Å². The van der Waals surface area contributed by atoms with Gasteiger partial charge in [-0.1, -0.05) is 12.5 Å². The second kappa shape index (κ2) is 9.58. The Morgan fingerprint density at radius 3 is 2.72 bits per heavy atom. The average molecular weight is 347 g/mol. The van der Waals surface area contributed by atoms with E-state index in [4.69, 9.17) is 4.74 Å². The zero-order valence-electron chi connectivity index (χ0n) is 14.9. The lowest BCUT2D eigenvalue weighted by atomic mass is 10.1. The number of carbonyl (C=O) groups is 1. The number of likely N-dealkylation sites (tertiary alicyclic amines) is 1. The van der Waals surface area contributed by atoms with Gasteiger partial charge in [0.15, 0.2) is 0 Å². The van der Waals surface area contributed by atoms with Gasteiger partial charge in [0, 0.05) is 44.5 Å². The molecule has 25 heavy (non-hydrogen) atoms. The topological polar surface area (TPSA) is 69.7 Å². The predicted molar refractivity (Wildman–Crippen MR) is 97.8 cm³/mol. The minimum absolute atomic E-state index is 0.117. The number of nitrogens with one attached hydrogen (secondary N) is 2. The minimum atomic E-state index is -0.117. The van der Waals surface area contributed by atoms with Crippen LogP contribution < -0.4 is 15.5 Å². The molecule has 0 saturated carbocycles. The third kappa shape index (κ3) is 5.57. The van der Waals surface area contributed by atoms with E-state index in [1.807, 2.05) is 12.1 Å². The summed E-state index contributed by atoms with van der Waals surface area (Å²) >= 11 is 0. The number of piperidine rings is 1. The summed E-state index contributed by atoms with van der Waals surface area (Å²) in [5.74, 6) is 0.944. The van der Waals surface area contributed by atoms with Crippen LogP contribution in [0.2, 0.25) is 0 Å². The van der Waals surface area contributed by atoms with Crippen LogP contribution in [0.15, 0.2) is 18.3 Å². The highest BCUT2D eigenvalue weighted by Gasteiger charge is 2.16. The zero-order chi connectivity index (χ0) is 17.3. The molecule has 2 fully saturated rings. The first kappa shape index (κ1) is 17.9. The smallest absolute Gasteiger partial charge is 0.315 e. The van der Waals surface area contributed by atoms with E-state index in [1.54, 1.807) is 6.20 Å². The summed E-state index contributed by atoms with van der Waals surface area (Å²) < 4.78 is 5.40. The highest BCUT2D eigenvalue weighted by Crippen LogP contribution is 2.18. The summed E-state index contributed by atoms with van der Waals surface area (Å²) in [6.07, 6.45) is 5.68. The van der Waals surface area contributed by atoms with Gasteiger partial charge in [0.05, 0.1) is 13.2 Å². The van der Waals surface area contributed by atoms with Gasteiger partial charge in [0.1, 0.15) is 5.82 Å². The molecule has 1 aromatic heterocycles. The maximum atomic E-state index is 12.1. The molecule has 2 amide bonds. The van der Waals surface area contributed by atoms with Gasteiger partial charge in [-0.15, -0.1) is 0 Å². The maximum absolute atomic E-state index is 12.1. The number of hydrogen-bond donors (Lipinski definition) is 2. The minimum Gasteiger partial charge on any atom is -0.378 e. The molecular formula is C18H29N5O2. The van der Waals surface area contributed by atoms with E-state index >= 15 is 0 Å². The second-order valence-electron chi connectivity index (χ2n) is 6.60. The van der Waals surface area contributed by atoms with E-state index in [2.05, 4.69) is 25.4 Å². The number of ether oxygens (including phenoxy) is 1. The number of hydrogen-bond acceptors (Lipinski definition) is 5. The van der Waals surface area contributed by atoms with Gasteiger partial charge < -0.3 is 25.2 Å². The first-order chi connectivity index (χ1) is 12.3. The molecule has 0 aliphatic carbocycles. The molecule has 0 spiro atoms. The first-order valence-corrected chi connectivity index (χ1v) is 9.33. The number of rotatable bonds is 6. The average Bonchev–Trinajstić information content (AvgIpc) is 2.68. The summed E-state index contributed by atoms with van der Waals surface area (Å²) in [5.41, 5.74) is 1.04. The van der Waals surface area contributed by atoms with Crippen molar-refractivity contribution in [2.24, 2.45) is 0 Å². The van der Waals surface area contributed by atoms with Gasteiger partial charge in [0.2, 0.25) is 0 Å². The van der Waals surface area contributed by atoms with Crippen LogP contribution in [0.1, 0.15) is 24.8 Å². The maximum Gasteiger partial charge on any atom is 0.315 e. The molecule has 0 radical (unpaired) electrons. The summed E-state index contributed by atoms with van der Waals surface area (Å²) in [4.78, 5) is 21.2. The molecule has 2 N–H and O–H groups in total. The number of aromatic nitrogens is 1. The van der Waals surface area contributed by atoms with Gasteiger partial charge in [-0.25, -0.2) is 9.78 Å². The van der Waals surface area contributed by atoms with Crippen LogP contribution in [0.25, 0.3) is 0 Å². The summed E-state index contributed by atoms with van der Waals surface area (Å²) in [6, 6.07) is 3.81. The van der Waals surface area contributed by atoms with Gasteiger partial charge in [-0.05, 0) is 32.0 Å².